The zero-order valence-electron chi connectivity index (χ0n) is 18.8. The highest BCUT2D eigenvalue weighted by Crippen LogP contribution is 2.21. The van der Waals surface area contributed by atoms with Gasteiger partial charge < -0.3 is 5.32 Å². The van der Waals surface area contributed by atoms with Crippen molar-refractivity contribution in [2.45, 2.75) is 37.5 Å². The van der Waals surface area contributed by atoms with Gasteiger partial charge in [0, 0.05) is 20.1 Å². The predicted octanol–water partition coefficient (Wildman–Crippen LogP) is 2.84. The normalized spacial score (nSPS) is 14.8. The third kappa shape index (κ3) is 4.65. The zero-order valence-corrected chi connectivity index (χ0v) is 19.6. The summed E-state index contributed by atoms with van der Waals surface area (Å²) >= 11 is 0. The van der Waals surface area contributed by atoms with Gasteiger partial charge in [0.15, 0.2) is 0 Å². The maximum Gasteiger partial charge on any atom is 0.295 e. The minimum absolute atomic E-state index is 0.0309. The summed E-state index contributed by atoms with van der Waals surface area (Å²) < 4.78 is 30.3. The standard InChI is InChI=1S/C24H28N4O4S/c1-18-23(24(30)28(26(18)2)20-9-5-3-6-10-20)25-22(29)17-19-11-13-21(14-12-19)33(31,32)27-15-7-4-8-16-27/h3,5-6,9-14H,4,7-8,15-17H2,1-2H3,(H,25,29). The van der Waals surface area contributed by atoms with Crippen LogP contribution in [-0.4, -0.2) is 41.1 Å². The summed E-state index contributed by atoms with van der Waals surface area (Å²) in [5.74, 6) is -0.340. The molecule has 2 aromatic carbocycles. The molecule has 0 radical (unpaired) electrons. The number of nitrogens with one attached hydrogen (secondary N) is 1. The molecule has 0 saturated carbocycles. The first kappa shape index (κ1) is 23.0. The third-order valence-corrected chi connectivity index (χ3v) is 7.97. The monoisotopic (exact) mass is 468 g/mol. The zero-order chi connectivity index (χ0) is 23.6. The number of sulfonamides is 1. The molecule has 1 saturated heterocycles. The van der Waals surface area contributed by atoms with Crippen molar-refractivity contribution >= 4 is 21.6 Å². The fourth-order valence-corrected chi connectivity index (χ4v) is 5.63. The molecule has 4 rings (SSSR count). The molecule has 1 aliphatic heterocycles. The lowest BCUT2D eigenvalue weighted by Gasteiger charge is -2.25. The number of hydrogen-bond acceptors (Lipinski definition) is 4. The van der Waals surface area contributed by atoms with Crippen LogP contribution >= 0.6 is 0 Å². The van der Waals surface area contributed by atoms with E-state index in [2.05, 4.69) is 5.32 Å². The summed E-state index contributed by atoms with van der Waals surface area (Å²) in [6, 6.07) is 15.6. The van der Waals surface area contributed by atoms with Crippen LogP contribution in [0.25, 0.3) is 5.69 Å². The molecule has 8 nitrogen and oxygen atoms in total. The van der Waals surface area contributed by atoms with Crippen LogP contribution < -0.4 is 10.9 Å². The second-order valence-electron chi connectivity index (χ2n) is 8.27. The maximum absolute atomic E-state index is 13.0. The minimum Gasteiger partial charge on any atom is -0.320 e. The summed E-state index contributed by atoms with van der Waals surface area (Å²) in [6.07, 6.45) is 2.84. The van der Waals surface area contributed by atoms with E-state index < -0.39 is 10.0 Å². The van der Waals surface area contributed by atoms with Gasteiger partial charge in [-0.15, -0.1) is 0 Å². The van der Waals surface area contributed by atoms with E-state index in [0.29, 0.717) is 30.0 Å². The third-order valence-electron chi connectivity index (χ3n) is 6.06. The smallest absolute Gasteiger partial charge is 0.295 e. The Bertz CT molecular complexity index is 1300. The first-order valence-electron chi connectivity index (χ1n) is 11.0. The van der Waals surface area contributed by atoms with Crippen LogP contribution in [0.3, 0.4) is 0 Å². The molecule has 2 heterocycles. The van der Waals surface area contributed by atoms with Gasteiger partial charge in [0.05, 0.1) is 22.7 Å². The topological polar surface area (TPSA) is 93.4 Å². The van der Waals surface area contributed by atoms with Gasteiger partial charge in [0.1, 0.15) is 5.69 Å². The molecule has 0 unspecified atom stereocenters. The van der Waals surface area contributed by atoms with Gasteiger partial charge in [-0.1, -0.05) is 36.8 Å². The summed E-state index contributed by atoms with van der Waals surface area (Å²) in [5, 5.41) is 2.73. The molecular formula is C24H28N4O4S. The Balaban J connectivity index is 1.48. The average Bonchev–Trinajstić information content (AvgIpc) is 3.03. The second-order valence-corrected chi connectivity index (χ2v) is 10.2. The number of rotatable bonds is 6. The number of carbonyl (C=O) groups is 1. The fraction of sp³-hybridized carbons (Fsp3) is 0.333. The van der Waals surface area contributed by atoms with Crippen molar-refractivity contribution in [3.63, 3.8) is 0 Å². The van der Waals surface area contributed by atoms with Gasteiger partial charge in [-0.05, 0) is 49.6 Å². The molecule has 3 aromatic rings. The van der Waals surface area contributed by atoms with E-state index in [-0.39, 0.29) is 28.5 Å². The van der Waals surface area contributed by atoms with Crippen LogP contribution in [0.4, 0.5) is 5.69 Å². The van der Waals surface area contributed by atoms with E-state index in [1.165, 1.54) is 8.99 Å². The number of hydrogen-bond donors (Lipinski definition) is 1. The van der Waals surface area contributed by atoms with Crippen molar-refractivity contribution < 1.29 is 13.2 Å². The van der Waals surface area contributed by atoms with Crippen molar-refractivity contribution in [1.82, 2.24) is 13.7 Å². The molecule has 1 N–H and O–H groups in total. The molecule has 9 heteroatoms. The highest BCUT2D eigenvalue weighted by Gasteiger charge is 2.26. The lowest BCUT2D eigenvalue weighted by atomic mass is 10.1. The summed E-state index contributed by atoms with van der Waals surface area (Å²) in [7, 11) is -1.74. The van der Waals surface area contributed by atoms with Crippen molar-refractivity contribution in [1.29, 1.82) is 0 Å². The quantitative estimate of drug-likeness (QED) is 0.602. The van der Waals surface area contributed by atoms with E-state index in [4.69, 9.17) is 0 Å². The Morgan fingerprint density at radius 3 is 2.24 bits per heavy atom. The number of piperidine rings is 1. The van der Waals surface area contributed by atoms with Crippen molar-refractivity contribution in [2.24, 2.45) is 7.05 Å². The summed E-state index contributed by atoms with van der Waals surface area (Å²) in [5.41, 5.74) is 1.94. The van der Waals surface area contributed by atoms with Gasteiger partial charge in [0.2, 0.25) is 15.9 Å². The van der Waals surface area contributed by atoms with Crippen molar-refractivity contribution in [2.75, 3.05) is 18.4 Å². The second kappa shape index (κ2) is 9.36. The van der Waals surface area contributed by atoms with Crippen LogP contribution in [0, 0.1) is 6.92 Å². The van der Waals surface area contributed by atoms with Gasteiger partial charge >= 0.3 is 0 Å². The molecule has 0 bridgehead atoms. The highest BCUT2D eigenvalue weighted by atomic mass is 32.2. The number of aromatic nitrogens is 2. The Morgan fingerprint density at radius 2 is 1.61 bits per heavy atom. The van der Waals surface area contributed by atoms with E-state index in [9.17, 15) is 18.0 Å². The van der Waals surface area contributed by atoms with Crippen LogP contribution in [-0.2, 0) is 28.3 Å². The molecular weight excluding hydrogens is 440 g/mol. The Labute approximate surface area is 193 Å². The number of nitrogens with zero attached hydrogens (tertiary/aromatic N) is 3. The molecule has 1 aliphatic rings. The average molecular weight is 469 g/mol. The van der Waals surface area contributed by atoms with E-state index >= 15 is 0 Å². The van der Waals surface area contributed by atoms with Crippen LogP contribution in [0.1, 0.15) is 30.5 Å². The SMILES string of the molecule is Cc1c(NC(=O)Cc2ccc(S(=O)(=O)N3CCCCC3)cc2)c(=O)n(-c2ccccc2)n1C. The van der Waals surface area contributed by atoms with Gasteiger partial charge in [-0.2, -0.15) is 4.31 Å². The Hall–Kier alpha value is -3.17. The molecule has 1 amide bonds. The number of carbonyl (C=O) groups excluding carboxylic acids is 1. The van der Waals surface area contributed by atoms with Crippen molar-refractivity contribution in [3.8, 4) is 5.69 Å². The highest BCUT2D eigenvalue weighted by molar-refractivity contribution is 7.89. The Morgan fingerprint density at radius 1 is 0.970 bits per heavy atom. The molecule has 0 aliphatic carbocycles. The van der Waals surface area contributed by atoms with Gasteiger partial charge in [-0.3, -0.25) is 14.3 Å². The fourth-order valence-electron chi connectivity index (χ4n) is 4.11. The van der Waals surface area contributed by atoms with E-state index in [1.807, 2.05) is 30.3 Å². The first-order valence-corrected chi connectivity index (χ1v) is 12.5. The molecule has 1 fully saturated rings. The summed E-state index contributed by atoms with van der Waals surface area (Å²) in [4.78, 5) is 25.9. The van der Waals surface area contributed by atoms with Crippen LogP contribution in [0.15, 0.2) is 64.3 Å². The minimum atomic E-state index is -3.51. The summed E-state index contributed by atoms with van der Waals surface area (Å²) in [6.45, 7) is 2.86. The molecule has 33 heavy (non-hydrogen) atoms. The molecule has 0 spiro atoms. The largest absolute Gasteiger partial charge is 0.320 e. The van der Waals surface area contributed by atoms with E-state index in [1.54, 1.807) is 42.9 Å². The number of benzene rings is 2. The maximum atomic E-state index is 13.0. The Kier molecular flexibility index (Phi) is 6.53. The predicted molar refractivity (Wildman–Crippen MR) is 127 cm³/mol. The molecule has 1 aromatic heterocycles. The van der Waals surface area contributed by atoms with Crippen LogP contribution in [0.2, 0.25) is 0 Å². The van der Waals surface area contributed by atoms with Crippen LogP contribution in [0.5, 0.6) is 0 Å². The van der Waals surface area contributed by atoms with E-state index in [0.717, 1.165) is 19.3 Å². The van der Waals surface area contributed by atoms with Gasteiger partial charge in [-0.25, -0.2) is 13.1 Å². The molecule has 0 atom stereocenters. The number of amides is 1. The molecule has 174 valence electrons. The lowest BCUT2D eigenvalue weighted by Crippen LogP contribution is -2.35. The van der Waals surface area contributed by atoms with Crippen molar-refractivity contribution in [3.05, 3.63) is 76.2 Å². The lowest BCUT2D eigenvalue weighted by molar-refractivity contribution is -0.115. The number of para-hydroxylation sites is 1. The van der Waals surface area contributed by atoms with Gasteiger partial charge in [0.25, 0.3) is 5.56 Å². The first-order chi connectivity index (χ1) is 15.8. The number of anilines is 1.